The summed E-state index contributed by atoms with van der Waals surface area (Å²) in [4.78, 5) is 24.5. The van der Waals surface area contributed by atoms with Crippen LogP contribution in [0.25, 0.3) is 0 Å². The second kappa shape index (κ2) is 10.6. The standard InChI is InChI=1S/C22H27N3O7S2/c1-24(2)33(28,29)19-12-8-18(9-13-19)23-21(26)16-32-22(27)17-6-10-20(11-7-17)34(30,31)25-14-4-3-5-15-25/h6-13H,3-5,14-16H2,1-2H3,(H,23,26). The highest BCUT2D eigenvalue weighted by Gasteiger charge is 2.26. The third-order valence-electron chi connectivity index (χ3n) is 5.29. The van der Waals surface area contributed by atoms with Crippen LogP contribution in [0.3, 0.4) is 0 Å². The van der Waals surface area contributed by atoms with Crippen LogP contribution in [-0.4, -0.2) is 71.1 Å². The average molecular weight is 510 g/mol. The number of esters is 1. The van der Waals surface area contributed by atoms with Crippen molar-refractivity contribution in [3.05, 3.63) is 54.1 Å². The third-order valence-corrected chi connectivity index (χ3v) is 9.04. The molecule has 12 heteroatoms. The maximum Gasteiger partial charge on any atom is 0.338 e. The van der Waals surface area contributed by atoms with Crippen molar-refractivity contribution >= 4 is 37.6 Å². The number of ether oxygens (including phenoxy) is 1. The number of benzene rings is 2. The molecule has 0 unspecified atom stereocenters. The zero-order chi connectivity index (χ0) is 24.9. The Morgan fingerprint density at radius 3 is 2.00 bits per heavy atom. The highest BCUT2D eigenvalue weighted by molar-refractivity contribution is 7.89. The van der Waals surface area contributed by atoms with Gasteiger partial charge in [0, 0.05) is 32.9 Å². The SMILES string of the molecule is CN(C)S(=O)(=O)c1ccc(NC(=O)COC(=O)c2ccc(S(=O)(=O)N3CCCCC3)cc2)cc1. The Morgan fingerprint density at radius 2 is 1.44 bits per heavy atom. The molecule has 1 saturated heterocycles. The van der Waals surface area contributed by atoms with E-state index < -0.39 is 38.5 Å². The number of nitrogens with one attached hydrogen (secondary N) is 1. The molecule has 34 heavy (non-hydrogen) atoms. The molecule has 1 heterocycles. The summed E-state index contributed by atoms with van der Waals surface area (Å²) in [5.41, 5.74) is 0.453. The van der Waals surface area contributed by atoms with Crippen LogP contribution in [0.1, 0.15) is 29.6 Å². The number of sulfonamides is 2. The maximum atomic E-state index is 12.7. The normalized spacial score (nSPS) is 15.1. The lowest BCUT2D eigenvalue weighted by Gasteiger charge is -2.25. The molecule has 0 atom stereocenters. The molecule has 2 aromatic carbocycles. The topological polar surface area (TPSA) is 130 Å². The van der Waals surface area contributed by atoms with E-state index in [9.17, 15) is 26.4 Å². The number of nitrogens with zero attached hydrogens (tertiary/aromatic N) is 2. The smallest absolute Gasteiger partial charge is 0.338 e. The number of carbonyl (C=O) groups excluding carboxylic acids is 2. The highest BCUT2D eigenvalue weighted by atomic mass is 32.2. The van der Waals surface area contributed by atoms with Crippen LogP contribution in [0.15, 0.2) is 58.3 Å². The second-order valence-electron chi connectivity index (χ2n) is 7.93. The lowest BCUT2D eigenvalue weighted by Crippen LogP contribution is -2.35. The molecule has 2 aromatic rings. The summed E-state index contributed by atoms with van der Waals surface area (Å²) in [5, 5.41) is 2.51. The number of rotatable bonds is 8. The molecule has 10 nitrogen and oxygen atoms in total. The number of carbonyl (C=O) groups is 2. The van der Waals surface area contributed by atoms with E-state index in [2.05, 4.69) is 5.32 Å². The van der Waals surface area contributed by atoms with Crippen molar-refractivity contribution in [2.24, 2.45) is 0 Å². The first-order valence-corrected chi connectivity index (χ1v) is 13.5. The number of anilines is 1. The summed E-state index contributed by atoms with van der Waals surface area (Å²) in [5.74, 6) is -1.38. The number of piperidine rings is 1. The summed E-state index contributed by atoms with van der Waals surface area (Å²) in [6.07, 6.45) is 2.66. The summed E-state index contributed by atoms with van der Waals surface area (Å²) in [6, 6.07) is 11.0. The van der Waals surface area contributed by atoms with Crippen molar-refractivity contribution in [1.82, 2.24) is 8.61 Å². The summed E-state index contributed by atoms with van der Waals surface area (Å²) in [7, 11) is -4.35. The fourth-order valence-electron chi connectivity index (χ4n) is 3.35. The van der Waals surface area contributed by atoms with Gasteiger partial charge in [-0.1, -0.05) is 6.42 Å². The van der Waals surface area contributed by atoms with Crippen LogP contribution in [0.2, 0.25) is 0 Å². The fraction of sp³-hybridized carbons (Fsp3) is 0.364. The van der Waals surface area contributed by atoms with Gasteiger partial charge in [0.15, 0.2) is 6.61 Å². The van der Waals surface area contributed by atoms with Gasteiger partial charge in [-0.25, -0.2) is 25.9 Å². The molecule has 0 aliphatic carbocycles. The fourth-order valence-corrected chi connectivity index (χ4v) is 5.77. The molecule has 184 valence electrons. The number of hydrogen-bond acceptors (Lipinski definition) is 7. The second-order valence-corrected chi connectivity index (χ2v) is 12.0. The average Bonchev–Trinajstić information content (AvgIpc) is 2.83. The quantitative estimate of drug-likeness (QED) is 0.538. The minimum Gasteiger partial charge on any atom is -0.452 e. The van der Waals surface area contributed by atoms with Gasteiger partial charge < -0.3 is 10.1 Å². The molecule has 0 spiro atoms. The number of hydrogen-bond donors (Lipinski definition) is 1. The first kappa shape index (κ1) is 25.8. The van der Waals surface area contributed by atoms with E-state index in [4.69, 9.17) is 4.74 Å². The zero-order valence-electron chi connectivity index (χ0n) is 18.9. The van der Waals surface area contributed by atoms with E-state index in [1.54, 1.807) is 0 Å². The van der Waals surface area contributed by atoms with E-state index in [-0.39, 0.29) is 15.4 Å². The Balaban J connectivity index is 1.54. The van der Waals surface area contributed by atoms with E-state index in [1.165, 1.54) is 66.9 Å². The monoisotopic (exact) mass is 509 g/mol. The molecule has 3 rings (SSSR count). The van der Waals surface area contributed by atoms with Crippen LogP contribution in [0.4, 0.5) is 5.69 Å². The van der Waals surface area contributed by atoms with Gasteiger partial charge in [-0.2, -0.15) is 4.31 Å². The molecule has 1 fully saturated rings. The molecule has 0 saturated carbocycles. The maximum absolute atomic E-state index is 12.7. The lowest BCUT2D eigenvalue weighted by atomic mass is 10.2. The molecule has 1 aliphatic rings. The van der Waals surface area contributed by atoms with Crippen molar-refractivity contribution in [1.29, 1.82) is 0 Å². The lowest BCUT2D eigenvalue weighted by molar-refractivity contribution is -0.119. The minimum atomic E-state index is -3.61. The first-order valence-electron chi connectivity index (χ1n) is 10.6. The van der Waals surface area contributed by atoms with Crippen LogP contribution in [0.5, 0.6) is 0 Å². The Labute approximate surface area is 199 Å². The van der Waals surface area contributed by atoms with Crippen LogP contribution < -0.4 is 5.32 Å². The van der Waals surface area contributed by atoms with Crippen LogP contribution in [-0.2, 0) is 29.6 Å². The van der Waals surface area contributed by atoms with Gasteiger partial charge >= 0.3 is 5.97 Å². The molecule has 1 aliphatic heterocycles. The van der Waals surface area contributed by atoms with Gasteiger partial charge in [0.2, 0.25) is 20.0 Å². The molecular weight excluding hydrogens is 482 g/mol. The van der Waals surface area contributed by atoms with E-state index >= 15 is 0 Å². The third kappa shape index (κ3) is 6.00. The van der Waals surface area contributed by atoms with Gasteiger partial charge in [-0.15, -0.1) is 0 Å². The van der Waals surface area contributed by atoms with Gasteiger partial charge in [-0.05, 0) is 61.4 Å². The van der Waals surface area contributed by atoms with Gasteiger partial charge in [0.1, 0.15) is 0 Å². The van der Waals surface area contributed by atoms with Crippen molar-refractivity contribution in [3.8, 4) is 0 Å². The number of amides is 1. The van der Waals surface area contributed by atoms with Crippen molar-refractivity contribution in [2.75, 3.05) is 39.1 Å². The predicted octanol–water partition coefficient (Wildman–Crippen LogP) is 1.91. The highest BCUT2D eigenvalue weighted by Crippen LogP contribution is 2.21. The van der Waals surface area contributed by atoms with Gasteiger partial charge in [-0.3, -0.25) is 4.79 Å². The van der Waals surface area contributed by atoms with E-state index in [0.717, 1.165) is 23.6 Å². The molecular formula is C22H27N3O7S2. The van der Waals surface area contributed by atoms with E-state index in [0.29, 0.717) is 18.8 Å². The van der Waals surface area contributed by atoms with Crippen molar-refractivity contribution in [2.45, 2.75) is 29.1 Å². The van der Waals surface area contributed by atoms with Crippen molar-refractivity contribution in [3.63, 3.8) is 0 Å². The first-order chi connectivity index (χ1) is 16.0. The molecule has 1 amide bonds. The Hall–Kier alpha value is -2.80. The zero-order valence-corrected chi connectivity index (χ0v) is 20.6. The molecule has 1 N–H and O–H groups in total. The molecule has 0 bridgehead atoms. The van der Waals surface area contributed by atoms with Crippen LogP contribution in [0, 0.1) is 0 Å². The van der Waals surface area contributed by atoms with Gasteiger partial charge in [0.25, 0.3) is 5.91 Å². The van der Waals surface area contributed by atoms with Crippen LogP contribution >= 0.6 is 0 Å². The Morgan fingerprint density at radius 1 is 0.882 bits per heavy atom. The summed E-state index contributed by atoms with van der Waals surface area (Å²) < 4.78 is 57.1. The molecule has 0 aromatic heterocycles. The predicted molar refractivity (Wildman–Crippen MR) is 125 cm³/mol. The largest absolute Gasteiger partial charge is 0.452 e. The molecule has 0 radical (unpaired) electrons. The van der Waals surface area contributed by atoms with Crippen molar-refractivity contribution < 1.29 is 31.2 Å². The summed E-state index contributed by atoms with van der Waals surface area (Å²) in [6.45, 7) is 0.398. The Bertz CT molecular complexity index is 1230. The Kier molecular flexibility index (Phi) is 8.08. The van der Waals surface area contributed by atoms with E-state index in [1.807, 2.05) is 0 Å². The minimum absolute atomic E-state index is 0.0766. The van der Waals surface area contributed by atoms with Gasteiger partial charge in [0.05, 0.1) is 15.4 Å². The summed E-state index contributed by atoms with van der Waals surface area (Å²) >= 11 is 0.